The lowest BCUT2D eigenvalue weighted by Gasteiger charge is -2.02. The van der Waals surface area contributed by atoms with Crippen molar-refractivity contribution in [2.75, 3.05) is 7.11 Å². The molecule has 0 fully saturated rings. The van der Waals surface area contributed by atoms with Crippen LogP contribution in [0.2, 0.25) is 0 Å². The molecular formula is C12H8O2S2. The Morgan fingerprint density at radius 1 is 1.19 bits per heavy atom. The smallest absolute Gasteiger partial charge is 0.338 e. The molecule has 0 aliphatic heterocycles. The number of benzene rings is 1. The number of rotatable bonds is 1. The topological polar surface area (TPSA) is 26.3 Å². The van der Waals surface area contributed by atoms with Crippen molar-refractivity contribution in [3.8, 4) is 0 Å². The van der Waals surface area contributed by atoms with E-state index in [1.54, 1.807) is 22.7 Å². The number of ether oxygens (including phenoxy) is 1. The van der Waals surface area contributed by atoms with E-state index in [1.807, 2.05) is 29.0 Å². The first kappa shape index (κ1) is 9.81. The fourth-order valence-electron chi connectivity index (χ4n) is 1.83. The van der Waals surface area contributed by atoms with Gasteiger partial charge in [0.2, 0.25) is 0 Å². The number of fused-ring (bicyclic) bond motifs is 3. The SMILES string of the molecule is COC(=O)c1cc2ccsc2c2sccc12. The summed E-state index contributed by atoms with van der Waals surface area (Å²) in [6.45, 7) is 0. The van der Waals surface area contributed by atoms with Crippen LogP contribution in [-0.2, 0) is 4.74 Å². The van der Waals surface area contributed by atoms with E-state index < -0.39 is 0 Å². The van der Waals surface area contributed by atoms with Crippen molar-refractivity contribution in [2.24, 2.45) is 0 Å². The van der Waals surface area contributed by atoms with Crippen LogP contribution in [0.3, 0.4) is 0 Å². The van der Waals surface area contributed by atoms with E-state index in [2.05, 4.69) is 0 Å². The lowest BCUT2D eigenvalue weighted by atomic mass is 10.1. The lowest BCUT2D eigenvalue weighted by molar-refractivity contribution is 0.0603. The maximum atomic E-state index is 11.7. The molecule has 0 saturated carbocycles. The zero-order valence-corrected chi connectivity index (χ0v) is 10.2. The van der Waals surface area contributed by atoms with Crippen molar-refractivity contribution >= 4 is 48.8 Å². The van der Waals surface area contributed by atoms with E-state index in [1.165, 1.54) is 16.5 Å². The van der Waals surface area contributed by atoms with Crippen molar-refractivity contribution < 1.29 is 9.53 Å². The minimum atomic E-state index is -0.267. The molecule has 0 bridgehead atoms. The fraction of sp³-hybridized carbons (Fsp3) is 0.0833. The Bertz CT molecular complexity index is 679. The first-order chi connectivity index (χ1) is 7.81. The Hall–Kier alpha value is -1.39. The molecular weight excluding hydrogens is 240 g/mol. The number of esters is 1. The molecule has 2 aromatic heterocycles. The Morgan fingerprint density at radius 2 is 1.94 bits per heavy atom. The first-order valence-electron chi connectivity index (χ1n) is 4.77. The van der Waals surface area contributed by atoms with Crippen molar-refractivity contribution in [1.82, 2.24) is 0 Å². The van der Waals surface area contributed by atoms with Gasteiger partial charge in [0, 0.05) is 5.39 Å². The van der Waals surface area contributed by atoms with Gasteiger partial charge in [0.05, 0.1) is 22.1 Å². The third-order valence-electron chi connectivity index (χ3n) is 2.56. The zero-order chi connectivity index (χ0) is 11.1. The monoisotopic (exact) mass is 248 g/mol. The van der Waals surface area contributed by atoms with Gasteiger partial charge < -0.3 is 4.74 Å². The van der Waals surface area contributed by atoms with Crippen LogP contribution in [-0.4, -0.2) is 13.1 Å². The summed E-state index contributed by atoms with van der Waals surface area (Å²) in [5.41, 5.74) is 0.657. The van der Waals surface area contributed by atoms with Crippen molar-refractivity contribution in [3.05, 3.63) is 34.5 Å². The summed E-state index contributed by atoms with van der Waals surface area (Å²) < 4.78 is 7.23. The third-order valence-corrected chi connectivity index (χ3v) is 4.57. The standard InChI is InChI=1S/C12H8O2S2/c1-14-12(13)9-6-7-2-4-15-10(7)11-8(9)3-5-16-11/h2-6H,1H3. The number of carbonyl (C=O) groups is 1. The fourth-order valence-corrected chi connectivity index (χ4v) is 3.82. The molecule has 2 heterocycles. The van der Waals surface area contributed by atoms with Gasteiger partial charge in [-0.05, 0) is 34.3 Å². The Labute approximate surface area is 100 Å². The first-order valence-corrected chi connectivity index (χ1v) is 6.53. The molecule has 0 N–H and O–H groups in total. The largest absolute Gasteiger partial charge is 0.465 e. The van der Waals surface area contributed by atoms with Crippen LogP contribution in [0, 0.1) is 0 Å². The van der Waals surface area contributed by atoms with Gasteiger partial charge in [-0.2, -0.15) is 0 Å². The highest BCUT2D eigenvalue weighted by molar-refractivity contribution is 7.25. The van der Waals surface area contributed by atoms with Gasteiger partial charge in [0.15, 0.2) is 0 Å². The second-order valence-corrected chi connectivity index (χ2v) is 5.25. The molecule has 80 valence electrons. The van der Waals surface area contributed by atoms with Crippen LogP contribution in [0.5, 0.6) is 0 Å². The van der Waals surface area contributed by atoms with Crippen LogP contribution in [0.15, 0.2) is 29.0 Å². The number of hydrogen-bond acceptors (Lipinski definition) is 4. The molecule has 4 heteroatoms. The lowest BCUT2D eigenvalue weighted by Crippen LogP contribution is -2.01. The summed E-state index contributed by atoms with van der Waals surface area (Å²) in [4.78, 5) is 11.7. The van der Waals surface area contributed by atoms with Gasteiger partial charge in [-0.25, -0.2) is 4.79 Å². The number of thiophene rings is 2. The Morgan fingerprint density at radius 3 is 2.75 bits per heavy atom. The highest BCUT2D eigenvalue weighted by atomic mass is 32.1. The molecule has 0 saturated heterocycles. The second kappa shape index (κ2) is 3.57. The van der Waals surface area contributed by atoms with Crippen LogP contribution in [0.1, 0.15) is 10.4 Å². The quantitative estimate of drug-likeness (QED) is 0.610. The van der Waals surface area contributed by atoms with Crippen LogP contribution >= 0.6 is 22.7 Å². The van der Waals surface area contributed by atoms with E-state index in [0.29, 0.717) is 5.56 Å². The Balaban J connectivity index is 2.47. The molecule has 1 aromatic carbocycles. The maximum Gasteiger partial charge on any atom is 0.338 e. The van der Waals surface area contributed by atoms with E-state index in [9.17, 15) is 4.79 Å². The average Bonchev–Trinajstić information content (AvgIpc) is 2.93. The molecule has 0 amide bonds. The summed E-state index contributed by atoms with van der Waals surface area (Å²) in [6.07, 6.45) is 0. The average molecular weight is 248 g/mol. The molecule has 16 heavy (non-hydrogen) atoms. The van der Waals surface area contributed by atoms with Crippen LogP contribution in [0.4, 0.5) is 0 Å². The van der Waals surface area contributed by atoms with Crippen LogP contribution < -0.4 is 0 Å². The summed E-state index contributed by atoms with van der Waals surface area (Å²) in [5, 5.41) is 6.16. The molecule has 3 rings (SSSR count). The predicted octanol–water partition coefficient (Wildman–Crippen LogP) is 3.90. The molecule has 0 aliphatic rings. The second-order valence-electron chi connectivity index (χ2n) is 3.42. The number of methoxy groups -OCH3 is 1. The van der Waals surface area contributed by atoms with E-state index in [-0.39, 0.29) is 5.97 Å². The van der Waals surface area contributed by atoms with Crippen molar-refractivity contribution in [3.63, 3.8) is 0 Å². The summed E-state index contributed by atoms with van der Waals surface area (Å²) >= 11 is 3.37. The Kier molecular flexibility index (Phi) is 2.19. The number of hydrogen-bond donors (Lipinski definition) is 0. The highest BCUT2D eigenvalue weighted by Crippen LogP contribution is 2.36. The van der Waals surface area contributed by atoms with Gasteiger partial charge in [-0.3, -0.25) is 0 Å². The highest BCUT2D eigenvalue weighted by Gasteiger charge is 2.14. The predicted molar refractivity (Wildman–Crippen MR) is 68.5 cm³/mol. The minimum absolute atomic E-state index is 0.267. The van der Waals surface area contributed by atoms with E-state index in [0.717, 1.165) is 10.8 Å². The maximum absolute atomic E-state index is 11.7. The van der Waals surface area contributed by atoms with Crippen LogP contribution in [0.25, 0.3) is 20.2 Å². The summed E-state index contributed by atoms with van der Waals surface area (Å²) in [5.74, 6) is -0.267. The van der Waals surface area contributed by atoms with Gasteiger partial charge in [0.1, 0.15) is 0 Å². The van der Waals surface area contributed by atoms with Gasteiger partial charge in [-0.1, -0.05) is 0 Å². The summed E-state index contributed by atoms with van der Waals surface area (Å²) in [7, 11) is 1.42. The van der Waals surface area contributed by atoms with Crippen molar-refractivity contribution in [1.29, 1.82) is 0 Å². The normalized spacial score (nSPS) is 11.1. The molecule has 0 spiro atoms. The molecule has 0 radical (unpaired) electrons. The van der Waals surface area contributed by atoms with Gasteiger partial charge in [-0.15, -0.1) is 22.7 Å². The van der Waals surface area contributed by atoms with Gasteiger partial charge >= 0.3 is 5.97 Å². The summed E-state index contributed by atoms with van der Waals surface area (Å²) in [6, 6.07) is 5.92. The molecule has 0 atom stereocenters. The molecule has 2 nitrogen and oxygen atoms in total. The molecule has 3 aromatic rings. The zero-order valence-electron chi connectivity index (χ0n) is 8.52. The number of carbonyl (C=O) groups excluding carboxylic acids is 1. The van der Waals surface area contributed by atoms with E-state index >= 15 is 0 Å². The van der Waals surface area contributed by atoms with Crippen molar-refractivity contribution in [2.45, 2.75) is 0 Å². The molecule has 0 unspecified atom stereocenters. The van der Waals surface area contributed by atoms with E-state index in [4.69, 9.17) is 4.74 Å². The van der Waals surface area contributed by atoms with Gasteiger partial charge in [0.25, 0.3) is 0 Å². The molecule has 0 aliphatic carbocycles. The third kappa shape index (κ3) is 1.27. The minimum Gasteiger partial charge on any atom is -0.465 e.